The van der Waals surface area contributed by atoms with E-state index in [1.165, 1.54) is 0 Å². The van der Waals surface area contributed by atoms with Crippen molar-refractivity contribution >= 4 is 23.2 Å². The lowest BCUT2D eigenvalue weighted by atomic mass is 10.0. The normalized spacial score (nSPS) is 14.4. The van der Waals surface area contributed by atoms with Crippen molar-refractivity contribution in [1.82, 2.24) is 4.90 Å². The number of carbonyl (C=O) groups excluding carboxylic acids is 2. The molecule has 5 nitrogen and oxygen atoms in total. The lowest BCUT2D eigenvalue weighted by Crippen LogP contribution is -2.50. The summed E-state index contributed by atoms with van der Waals surface area (Å²) in [6.07, 6.45) is 0. The molecule has 0 aliphatic carbocycles. The van der Waals surface area contributed by atoms with Crippen LogP contribution in [0, 0.1) is 0 Å². The van der Waals surface area contributed by atoms with E-state index in [0.717, 1.165) is 35.6 Å². The molecule has 0 unspecified atom stereocenters. The second-order valence-corrected chi connectivity index (χ2v) is 7.25. The predicted octanol–water partition coefficient (Wildman–Crippen LogP) is 4.37. The average molecular weight is 365 g/mol. The van der Waals surface area contributed by atoms with Crippen LogP contribution < -0.4 is 10.2 Å². The largest absolute Gasteiger partial charge is 0.368 e. The summed E-state index contributed by atoms with van der Waals surface area (Å²) in [7, 11) is 0. The molecular formula is C22H27N3O2. The Balaban J connectivity index is 1.62. The van der Waals surface area contributed by atoms with E-state index in [2.05, 4.69) is 30.1 Å². The van der Waals surface area contributed by atoms with Crippen LogP contribution >= 0.6 is 0 Å². The number of urea groups is 1. The Labute approximate surface area is 161 Å². The summed E-state index contributed by atoms with van der Waals surface area (Å²) in [6, 6.07) is 15.6. The van der Waals surface area contributed by atoms with Gasteiger partial charge in [0.05, 0.1) is 0 Å². The van der Waals surface area contributed by atoms with Gasteiger partial charge in [0.15, 0.2) is 5.78 Å². The summed E-state index contributed by atoms with van der Waals surface area (Å²) in [6.45, 7) is 8.63. The van der Waals surface area contributed by atoms with Gasteiger partial charge in [0, 0.05) is 43.1 Å². The van der Waals surface area contributed by atoms with Crippen LogP contribution in [-0.2, 0) is 0 Å². The van der Waals surface area contributed by atoms with Gasteiger partial charge >= 0.3 is 6.03 Å². The van der Waals surface area contributed by atoms with Gasteiger partial charge < -0.3 is 15.1 Å². The minimum atomic E-state index is -0.0553. The Morgan fingerprint density at radius 3 is 2.33 bits per heavy atom. The van der Waals surface area contributed by atoms with Crippen LogP contribution in [-0.4, -0.2) is 42.9 Å². The van der Waals surface area contributed by atoms with E-state index in [1.807, 2.05) is 47.4 Å². The Bertz CT molecular complexity index is 824. The van der Waals surface area contributed by atoms with Crippen molar-refractivity contribution in [2.24, 2.45) is 0 Å². The van der Waals surface area contributed by atoms with Gasteiger partial charge in [0.1, 0.15) is 0 Å². The topological polar surface area (TPSA) is 52.7 Å². The Morgan fingerprint density at radius 2 is 1.67 bits per heavy atom. The highest BCUT2D eigenvalue weighted by molar-refractivity contribution is 5.95. The molecule has 0 spiro atoms. The van der Waals surface area contributed by atoms with Gasteiger partial charge in [-0.2, -0.15) is 0 Å². The lowest BCUT2D eigenvalue weighted by molar-refractivity contribution is 0.101. The van der Waals surface area contributed by atoms with E-state index in [-0.39, 0.29) is 11.8 Å². The fraction of sp³-hybridized carbons (Fsp3) is 0.364. The fourth-order valence-corrected chi connectivity index (χ4v) is 3.40. The third-order valence-electron chi connectivity index (χ3n) is 5.01. The van der Waals surface area contributed by atoms with Crippen molar-refractivity contribution in [2.75, 3.05) is 36.4 Å². The number of ketones is 1. The minimum absolute atomic E-state index is 0.0553. The fourth-order valence-electron chi connectivity index (χ4n) is 3.40. The maximum atomic E-state index is 12.7. The number of hydrogen-bond donors (Lipinski definition) is 1. The first kappa shape index (κ1) is 19.0. The van der Waals surface area contributed by atoms with Crippen LogP contribution in [0.5, 0.6) is 0 Å². The maximum absolute atomic E-state index is 12.7. The molecule has 0 saturated carbocycles. The van der Waals surface area contributed by atoms with Crippen LogP contribution in [0.1, 0.15) is 42.6 Å². The average Bonchev–Trinajstić information content (AvgIpc) is 2.68. The zero-order chi connectivity index (χ0) is 19.4. The van der Waals surface area contributed by atoms with Gasteiger partial charge in [0.2, 0.25) is 0 Å². The molecule has 3 rings (SSSR count). The summed E-state index contributed by atoms with van der Waals surface area (Å²) < 4.78 is 0. The third kappa shape index (κ3) is 4.48. The number of hydrogen-bond acceptors (Lipinski definition) is 3. The van der Waals surface area contributed by atoms with Gasteiger partial charge in [-0.25, -0.2) is 4.79 Å². The maximum Gasteiger partial charge on any atom is 0.321 e. The van der Waals surface area contributed by atoms with Crippen molar-refractivity contribution in [3.63, 3.8) is 0 Å². The quantitative estimate of drug-likeness (QED) is 0.819. The third-order valence-corrected chi connectivity index (χ3v) is 5.01. The second kappa shape index (κ2) is 8.25. The zero-order valence-electron chi connectivity index (χ0n) is 16.2. The molecule has 5 heteroatoms. The molecule has 1 fully saturated rings. The first-order valence-electron chi connectivity index (χ1n) is 9.46. The molecule has 2 aromatic carbocycles. The standard InChI is InChI=1S/C22H27N3O2/c1-16(2)20-9-4-5-10-21(20)23-22(27)25-13-11-24(12-14-25)19-8-6-7-18(15-19)17(3)26/h4-10,15-16H,11-14H2,1-3H3,(H,23,27). The van der Waals surface area contributed by atoms with E-state index in [0.29, 0.717) is 19.0 Å². The summed E-state index contributed by atoms with van der Waals surface area (Å²) in [5, 5.41) is 3.06. The molecule has 0 radical (unpaired) electrons. The van der Waals surface area contributed by atoms with Crippen molar-refractivity contribution in [2.45, 2.75) is 26.7 Å². The van der Waals surface area contributed by atoms with Crippen molar-refractivity contribution in [1.29, 1.82) is 0 Å². The van der Waals surface area contributed by atoms with E-state index in [1.54, 1.807) is 6.92 Å². The number of nitrogens with one attached hydrogen (secondary N) is 1. The number of anilines is 2. The first-order chi connectivity index (χ1) is 13.0. The van der Waals surface area contributed by atoms with Crippen molar-refractivity contribution in [3.8, 4) is 0 Å². The Hall–Kier alpha value is -2.82. The zero-order valence-corrected chi connectivity index (χ0v) is 16.2. The number of piperazine rings is 1. The number of para-hydroxylation sites is 1. The SMILES string of the molecule is CC(=O)c1cccc(N2CCN(C(=O)Nc3ccccc3C(C)C)CC2)c1. The van der Waals surface area contributed by atoms with Crippen LogP contribution in [0.2, 0.25) is 0 Å². The summed E-state index contributed by atoms with van der Waals surface area (Å²) >= 11 is 0. The van der Waals surface area contributed by atoms with E-state index >= 15 is 0 Å². The molecule has 1 saturated heterocycles. The van der Waals surface area contributed by atoms with Gasteiger partial charge in [0.25, 0.3) is 0 Å². The number of nitrogens with zero attached hydrogens (tertiary/aromatic N) is 2. The summed E-state index contributed by atoms with van der Waals surface area (Å²) in [4.78, 5) is 28.3. The van der Waals surface area contributed by atoms with Crippen LogP contribution in [0.4, 0.5) is 16.2 Å². The molecule has 142 valence electrons. The number of amides is 2. The molecule has 0 atom stereocenters. The molecular weight excluding hydrogens is 338 g/mol. The molecule has 2 aromatic rings. The molecule has 1 aliphatic heterocycles. The van der Waals surface area contributed by atoms with Crippen molar-refractivity contribution in [3.05, 3.63) is 59.7 Å². The monoisotopic (exact) mass is 365 g/mol. The van der Waals surface area contributed by atoms with Gasteiger partial charge in [-0.3, -0.25) is 4.79 Å². The van der Waals surface area contributed by atoms with Crippen LogP contribution in [0.15, 0.2) is 48.5 Å². The molecule has 1 aliphatic rings. The predicted molar refractivity (Wildman–Crippen MR) is 110 cm³/mol. The highest BCUT2D eigenvalue weighted by Crippen LogP contribution is 2.24. The van der Waals surface area contributed by atoms with E-state index < -0.39 is 0 Å². The lowest BCUT2D eigenvalue weighted by Gasteiger charge is -2.36. The van der Waals surface area contributed by atoms with Crippen molar-refractivity contribution < 1.29 is 9.59 Å². The second-order valence-electron chi connectivity index (χ2n) is 7.25. The number of rotatable bonds is 4. The number of benzene rings is 2. The van der Waals surface area contributed by atoms with E-state index in [4.69, 9.17) is 0 Å². The molecule has 2 amide bonds. The minimum Gasteiger partial charge on any atom is -0.368 e. The number of carbonyl (C=O) groups is 2. The van der Waals surface area contributed by atoms with E-state index in [9.17, 15) is 9.59 Å². The molecule has 0 aromatic heterocycles. The van der Waals surface area contributed by atoms with Gasteiger partial charge in [-0.15, -0.1) is 0 Å². The molecule has 0 bridgehead atoms. The van der Waals surface area contributed by atoms with Gasteiger partial charge in [-0.1, -0.05) is 44.2 Å². The summed E-state index contributed by atoms with van der Waals surface area (Å²) in [5.41, 5.74) is 3.78. The molecule has 1 N–H and O–H groups in total. The first-order valence-corrected chi connectivity index (χ1v) is 9.46. The van der Waals surface area contributed by atoms with Gasteiger partial charge in [-0.05, 0) is 36.6 Å². The van der Waals surface area contributed by atoms with Crippen LogP contribution in [0.25, 0.3) is 0 Å². The molecule has 1 heterocycles. The highest BCUT2D eigenvalue weighted by Gasteiger charge is 2.22. The Morgan fingerprint density at radius 1 is 0.963 bits per heavy atom. The highest BCUT2D eigenvalue weighted by atomic mass is 16.2. The Kier molecular flexibility index (Phi) is 5.79. The van der Waals surface area contributed by atoms with Crippen LogP contribution in [0.3, 0.4) is 0 Å². The smallest absolute Gasteiger partial charge is 0.321 e. The molecule has 27 heavy (non-hydrogen) atoms. The summed E-state index contributed by atoms with van der Waals surface area (Å²) in [5.74, 6) is 0.422. The number of Topliss-reactive ketones (excluding diaryl/α,β-unsaturated/α-hetero) is 1.